The van der Waals surface area contributed by atoms with Crippen molar-refractivity contribution < 1.29 is 13.9 Å². The van der Waals surface area contributed by atoms with Crippen molar-refractivity contribution in [1.29, 1.82) is 0 Å². The first-order valence-corrected chi connectivity index (χ1v) is 9.19. The van der Waals surface area contributed by atoms with Crippen LogP contribution >= 0.6 is 11.3 Å². The van der Waals surface area contributed by atoms with Gasteiger partial charge in [-0.3, -0.25) is 0 Å². The van der Waals surface area contributed by atoms with Crippen LogP contribution in [0.5, 0.6) is 5.06 Å². The Hall–Kier alpha value is -2.85. The summed E-state index contributed by atoms with van der Waals surface area (Å²) < 4.78 is 10.7. The fourth-order valence-electron chi connectivity index (χ4n) is 2.58. The molecule has 5 N–H and O–H groups in total. The Morgan fingerprint density at radius 3 is 2.78 bits per heavy atom. The normalized spacial score (nSPS) is 11.3. The summed E-state index contributed by atoms with van der Waals surface area (Å²) in [4.78, 5) is 22.9. The Bertz CT molecular complexity index is 965. The van der Waals surface area contributed by atoms with Gasteiger partial charge in [0.25, 0.3) is 0 Å². The first-order chi connectivity index (χ1) is 12.8. The monoisotopic (exact) mass is 390 g/mol. The van der Waals surface area contributed by atoms with E-state index in [-0.39, 0.29) is 10.8 Å². The van der Waals surface area contributed by atoms with Crippen LogP contribution in [0, 0.1) is 6.92 Å². The Morgan fingerprint density at radius 2 is 2.15 bits per heavy atom. The van der Waals surface area contributed by atoms with Crippen LogP contribution in [0.2, 0.25) is 0 Å². The van der Waals surface area contributed by atoms with Crippen molar-refractivity contribution in [3.8, 4) is 16.5 Å². The summed E-state index contributed by atoms with van der Waals surface area (Å²) >= 11 is 1.14. The summed E-state index contributed by atoms with van der Waals surface area (Å²) in [5, 5.41) is 3.99. The fourth-order valence-corrected chi connectivity index (χ4v) is 3.54. The molecule has 0 aromatic carbocycles. The van der Waals surface area contributed by atoms with E-state index in [9.17, 15) is 4.79 Å². The molecule has 0 radical (unpaired) electrons. The number of nitrogens with two attached hydrogens (primary N) is 2. The van der Waals surface area contributed by atoms with Crippen molar-refractivity contribution in [2.45, 2.75) is 13.3 Å². The zero-order valence-corrected chi connectivity index (χ0v) is 16.2. The lowest BCUT2D eigenvalue weighted by molar-refractivity contribution is 0.212. The third kappa shape index (κ3) is 4.29. The number of amides is 1. The van der Waals surface area contributed by atoms with Gasteiger partial charge in [0.05, 0.1) is 11.1 Å². The van der Waals surface area contributed by atoms with Crippen LogP contribution < -0.4 is 21.5 Å². The zero-order chi connectivity index (χ0) is 19.6. The average Bonchev–Trinajstić information content (AvgIpc) is 3.15. The van der Waals surface area contributed by atoms with Gasteiger partial charge in [0.2, 0.25) is 11.0 Å². The predicted molar refractivity (Wildman–Crippen MR) is 106 cm³/mol. The summed E-state index contributed by atoms with van der Waals surface area (Å²) in [6.45, 7) is 3.51. The fraction of sp³-hybridized carbons (Fsp3) is 0.353. The molecule has 0 aliphatic heterocycles. The molecular formula is C17H22N6O3S. The van der Waals surface area contributed by atoms with Gasteiger partial charge in [-0.1, -0.05) is 11.3 Å². The molecule has 0 bridgehead atoms. The number of aryl methyl sites for hydroxylation is 1. The Labute approximate surface area is 160 Å². The maximum Gasteiger partial charge on any atom is 0.410 e. The minimum absolute atomic E-state index is 0.195. The van der Waals surface area contributed by atoms with E-state index in [4.69, 9.17) is 20.6 Å². The van der Waals surface area contributed by atoms with E-state index in [1.165, 1.54) is 0 Å². The van der Waals surface area contributed by atoms with Crippen LogP contribution in [0.4, 0.5) is 16.4 Å². The number of hydrogen-bond donors (Lipinski definition) is 3. The lowest BCUT2D eigenvalue weighted by Gasteiger charge is -2.10. The number of thiophene rings is 1. The number of anilines is 2. The van der Waals surface area contributed by atoms with E-state index in [1.54, 1.807) is 0 Å². The van der Waals surface area contributed by atoms with Gasteiger partial charge in [-0.2, -0.15) is 0 Å². The predicted octanol–water partition coefficient (Wildman–Crippen LogP) is 2.66. The number of nitrogens with one attached hydrogen (secondary N) is 1. The molecule has 0 saturated heterocycles. The Kier molecular flexibility index (Phi) is 5.47. The summed E-state index contributed by atoms with van der Waals surface area (Å²) in [6.07, 6.45) is 0.00490. The smallest absolute Gasteiger partial charge is 0.410 e. The van der Waals surface area contributed by atoms with E-state index in [0.29, 0.717) is 34.2 Å². The van der Waals surface area contributed by atoms with E-state index in [2.05, 4.69) is 20.2 Å². The molecule has 10 heteroatoms. The van der Waals surface area contributed by atoms with E-state index < -0.39 is 6.09 Å². The number of carbonyl (C=O) groups is 1. The van der Waals surface area contributed by atoms with Crippen LogP contribution in [0.25, 0.3) is 21.7 Å². The van der Waals surface area contributed by atoms with E-state index in [0.717, 1.165) is 30.1 Å². The van der Waals surface area contributed by atoms with Crippen molar-refractivity contribution in [1.82, 2.24) is 14.9 Å². The number of rotatable bonds is 7. The zero-order valence-electron chi connectivity index (χ0n) is 15.4. The second kappa shape index (κ2) is 7.80. The van der Waals surface area contributed by atoms with Gasteiger partial charge in [0.15, 0.2) is 5.76 Å². The quantitative estimate of drug-likeness (QED) is 0.525. The number of hydrogen-bond acceptors (Lipinski definition) is 9. The number of fused-ring (bicyclic) bond motifs is 1. The second-order valence-corrected chi connectivity index (χ2v) is 7.26. The molecule has 0 unspecified atom stereocenters. The van der Waals surface area contributed by atoms with Gasteiger partial charge in [0, 0.05) is 6.54 Å². The van der Waals surface area contributed by atoms with Gasteiger partial charge in [-0.15, -0.1) is 0 Å². The summed E-state index contributed by atoms with van der Waals surface area (Å²) in [5.74, 6) is 1.77. The molecule has 0 saturated carbocycles. The molecule has 3 aromatic heterocycles. The number of nitrogen functional groups attached to an aromatic ring is 1. The van der Waals surface area contributed by atoms with Gasteiger partial charge in [-0.05, 0) is 46.1 Å². The maximum absolute atomic E-state index is 11.1. The van der Waals surface area contributed by atoms with Crippen LogP contribution in [0.1, 0.15) is 12.2 Å². The highest BCUT2D eigenvalue weighted by molar-refractivity contribution is 7.21. The van der Waals surface area contributed by atoms with Gasteiger partial charge in [-0.25, -0.2) is 14.8 Å². The second-order valence-electron chi connectivity index (χ2n) is 6.29. The third-order valence-electron chi connectivity index (χ3n) is 3.79. The number of nitrogens with zero attached hydrogens (tertiary/aromatic N) is 3. The molecule has 3 heterocycles. The summed E-state index contributed by atoms with van der Waals surface area (Å²) in [6, 6.07) is 3.66. The van der Waals surface area contributed by atoms with E-state index in [1.807, 2.05) is 33.2 Å². The number of aromatic nitrogens is 2. The minimum atomic E-state index is -0.932. The Balaban J connectivity index is 2.01. The van der Waals surface area contributed by atoms with Crippen LogP contribution in [-0.2, 0) is 0 Å². The SMILES string of the molecule is Cc1ccc(-c2nc(NCCCN(C)C)nc3sc(OC(N)=O)c(N)c23)o1. The first kappa shape index (κ1) is 18.9. The highest BCUT2D eigenvalue weighted by Gasteiger charge is 2.22. The highest BCUT2D eigenvalue weighted by atomic mass is 32.1. The number of carbonyl (C=O) groups excluding carboxylic acids is 1. The highest BCUT2D eigenvalue weighted by Crippen LogP contribution is 2.43. The molecule has 9 nitrogen and oxygen atoms in total. The molecule has 3 rings (SSSR count). The molecule has 27 heavy (non-hydrogen) atoms. The molecular weight excluding hydrogens is 368 g/mol. The lowest BCUT2D eigenvalue weighted by atomic mass is 10.2. The molecule has 0 aliphatic carbocycles. The van der Waals surface area contributed by atoms with Gasteiger partial charge in [0.1, 0.15) is 16.3 Å². The maximum atomic E-state index is 11.1. The van der Waals surface area contributed by atoms with Gasteiger partial charge >= 0.3 is 6.09 Å². The Morgan fingerprint density at radius 1 is 1.37 bits per heavy atom. The van der Waals surface area contributed by atoms with Crippen molar-refractivity contribution in [3.63, 3.8) is 0 Å². The van der Waals surface area contributed by atoms with Crippen LogP contribution in [0.15, 0.2) is 16.5 Å². The molecule has 0 aliphatic rings. The molecule has 0 spiro atoms. The molecule has 0 atom stereocenters. The van der Waals surface area contributed by atoms with Crippen molar-refractivity contribution in [2.75, 3.05) is 38.2 Å². The lowest BCUT2D eigenvalue weighted by Crippen LogP contribution is -2.17. The van der Waals surface area contributed by atoms with Gasteiger partial charge < -0.3 is 30.8 Å². The van der Waals surface area contributed by atoms with E-state index >= 15 is 0 Å². The standard InChI is InChI=1S/C17H22N6O3S/c1-9-5-6-10(25-9)13-11-12(18)15(26-16(19)24)27-14(11)22-17(21-13)20-7-4-8-23(2)3/h5-6H,4,7-8,18H2,1-3H3,(H2,19,24)(H,20,21,22). The minimum Gasteiger partial charge on any atom is -0.460 e. The molecule has 0 fully saturated rings. The summed E-state index contributed by atoms with van der Waals surface area (Å²) in [7, 11) is 4.04. The van der Waals surface area contributed by atoms with Crippen molar-refractivity contribution >= 4 is 39.3 Å². The average molecular weight is 390 g/mol. The van der Waals surface area contributed by atoms with Crippen LogP contribution in [0.3, 0.4) is 0 Å². The van der Waals surface area contributed by atoms with Crippen LogP contribution in [-0.4, -0.2) is 48.1 Å². The first-order valence-electron chi connectivity index (χ1n) is 8.38. The van der Waals surface area contributed by atoms with Crippen molar-refractivity contribution in [3.05, 3.63) is 17.9 Å². The molecule has 1 amide bonds. The largest absolute Gasteiger partial charge is 0.460 e. The number of ether oxygens (including phenoxy) is 1. The topological polar surface area (TPSA) is 133 Å². The molecule has 144 valence electrons. The third-order valence-corrected chi connectivity index (χ3v) is 4.76. The summed E-state index contributed by atoms with van der Waals surface area (Å²) in [5.41, 5.74) is 12.1. The molecule has 3 aromatic rings. The van der Waals surface area contributed by atoms with Crippen molar-refractivity contribution in [2.24, 2.45) is 5.73 Å². The number of furan rings is 1. The number of primary amides is 1.